The average Bonchev–Trinajstić information content (AvgIpc) is 2.83. The maximum Gasteiger partial charge on any atom is 0.282 e. The predicted octanol–water partition coefficient (Wildman–Crippen LogP) is 3.31. The van der Waals surface area contributed by atoms with Crippen molar-refractivity contribution in [3.8, 4) is 0 Å². The van der Waals surface area contributed by atoms with E-state index in [4.69, 9.17) is 0 Å². The number of benzene rings is 1. The zero-order chi connectivity index (χ0) is 23.5. The molecule has 33 heavy (non-hydrogen) atoms. The van der Waals surface area contributed by atoms with E-state index in [1.165, 1.54) is 13.1 Å². The molecule has 2 aliphatic heterocycles. The molecule has 0 radical (unpaired) electrons. The van der Waals surface area contributed by atoms with Gasteiger partial charge in [0.15, 0.2) is 5.78 Å². The topological polar surface area (TPSA) is 77.9 Å². The highest BCUT2D eigenvalue weighted by atomic mass is 19.3. The van der Waals surface area contributed by atoms with Gasteiger partial charge in [-0.05, 0) is 35.7 Å². The van der Waals surface area contributed by atoms with Crippen LogP contribution in [0, 0.1) is 0 Å². The molecular weight excluding hydrogens is 428 g/mol. The zero-order valence-corrected chi connectivity index (χ0v) is 18.8. The fraction of sp³-hybridized carbons (Fsp3) is 0.417. The summed E-state index contributed by atoms with van der Waals surface area (Å²) in [6, 6.07) is 9.09. The van der Waals surface area contributed by atoms with Crippen LogP contribution in [0.1, 0.15) is 47.1 Å². The number of amides is 1. The van der Waals surface area contributed by atoms with Crippen molar-refractivity contribution in [2.75, 3.05) is 38.1 Å². The minimum absolute atomic E-state index is 0.0172. The number of hydrogen-bond acceptors (Lipinski definition) is 6. The smallest absolute Gasteiger partial charge is 0.282 e. The summed E-state index contributed by atoms with van der Waals surface area (Å²) in [7, 11) is 1.44. The third-order valence-corrected chi connectivity index (χ3v) is 6.10. The maximum atomic E-state index is 13.6. The standard InChI is InChI=1S/C24H27F2N5O2/c1-3-17-21(32)13-16-12-15(4-5-18(16)28-17)14-30-8-10-31(11-9-30)20-7-6-19(24(33)27-2)29-22(20)23(25)26/h4-7,12,23H,3,8-11,13-14H2,1-2H3,(H,27,33). The molecule has 0 aliphatic carbocycles. The zero-order valence-electron chi connectivity index (χ0n) is 18.8. The van der Waals surface area contributed by atoms with E-state index in [2.05, 4.69) is 20.2 Å². The van der Waals surface area contributed by atoms with Crippen molar-refractivity contribution in [3.05, 3.63) is 52.8 Å². The molecule has 1 fully saturated rings. The monoisotopic (exact) mass is 455 g/mol. The van der Waals surface area contributed by atoms with Gasteiger partial charge >= 0.3 is 0 Å². The number of carbonyl (C=O) groups excluding carboxylic acids is 2. The Labute approximate surface area is 191 Å². The summed E-state index contributed by atoms with van der Waals surface area (Å²) in [6.07, 6.45) is -1.74. The van der Waals surface area contributed by atoms with E-state index < -0.39 is 12.3 Å². The summed E-state index contributed by atoms with van der Waals surface area (Å²) >= 11 is 0. The van der Waals surface area contributed by atoms with E-state index in [-0.39, 0.29) is 17.2 Å². The fourth-order valence-corrected chi connectivity index (χ4v) is 4.30. The maximum absolute atomic E-state index is 13.6. The van der Waals surface area contributed by atoms with E-state index in [1.54, 1.807) is 6.07 Å². The molecule has 4 rings (SSSR count). The number of aromatic nitrogens is 1. The minimum atomic E-state index is -2.77. The van der Waals surface area contributed by atoms with Crippen molar-refractivity contribution in [1.29, 1.82) is 0 Å². The average molecular weight is 456 g/mol. The SMILES string of the molecule is CCC1=Nc2ccc(CN3CCN(c4ccc(C(=O)NC)nc4C(F)F)CC3)cc2CC1=O. The minimum Gasteiger partial charge on any atom is -0.367 e. The quantitative estimate of drug-likeness (QED) is 0.723. The number of halogens is 2. The summed E-state index contributed by atoms with van der Waals surface area (Å²) < 4.78 is 27.3. The Morgan fingerprint density at radius 2 is 1.91 bits per heavy atom. The Balaban J connectivity index is 1.42. The first-order chi connectivity index (χ1) is 15.9. The molecule has 1 amide bonds. The van der Waals surface area contributed by atoms with Crippen LogP contribution >= 0.6 is 0 Å². The van der Waals surface area contributed by atoms with Gasteiger partial charge in [-0.25, -0.2) is 18.8 Å². The first kappa shape index (κ1) is 23.0. The molecule has 9 heteroatoms. The number of Topliss-reactive ketones (excluding diaryl/α,β-unsaturated/α-hetero) is 1. The summed E-state index contributed by atoms with van der Waals surface area (Å²) in [5.74, 6) is -0.404. The number of hydrogen-bond donors (Lipinski definition) is 1. The van der Waals surface area contributed by atoms with Gasteiger partial charge in [-0.3, -0.25) is 14.5 Å². The van der Waals surface area contributed by atoms with Gasteiger partial charge < -0.3 is 10.2 Å². The Bertz CT molecular complexity index is 1090. The second kappa shape index (κ2) is 9.74. The van der Waals surface area contributed by atoms with Crippen molar-refractivity contribution in [2.24, 2.45) is 4.99 Å². The van der Waals surface area contributed by atoms with Crippen LogP contribution in [0.25, 0.3) is 0 Å². The Kier molecular flexibility index (Phi) is 6.78. The number of rotatable bonds is 6. The molecule has 1 aromatic carbocycles. The largest absolute Gasteiger partial charge is 0.367 e. The molecule has 1 aromatic heterocycles. The van der Waals surface area contributed by atoms with Gasteiger partial charge in [0, 0.05) is 46.2 Å². The van der Waals surface area contributed by atoms with Crippen LogP contribution in [0.5, 0.6) is 0 Å². The summed E-state index contributed by atoms with van der Waals surface area (Å²) in [5, 5.41) is 2.41. The molecule has 7 nitrogen and oxygen atoms in total. The fourth-order valence-electron chi connectivity index (χ4n) is 4.30. The Hall–Kier alpha value is -3.20. The van der Waals surface area contributed by atoms with E-state index >= 15 is 0 Å². The van der Waals surface area contributed by atoms with Gasteiger partial charge in [0.25, 0.3) is 12.3 Å². The molecule has 0 bridgehead atoms. The summed E-state index contributed by atoms with van der Waals surface area (Å²) in [6.45, 7) is 5.21. The lowest BCUT2D eigenvalue weighted by molar-refractivity contribution is -0.112. The van der Waals surface area contributed by atoms with E-state index in [0.717, 1.165) is 23.4 Å². The molecule has 1 saturated heterocycles. The Morgan fingerprint density at radius 3 is 2.58 bits per heavy atom. The third kappa shape index (κ3) is 4.93. The first-order valence-electron chi connectivity index (χ1n) is 11.1. The third-order valence-electron chi connectivity index (χ3n) is 6.10. The van der Waals surface area contributed by atoms with Crippen molar-refractivity contribution in [1.82, 2.24) is 15.2 Å². The first-order valence-corrected chi connectivity index (χ1v) is 11.1. The van der Waals surface area contributed by atoms with Crippen LogP contribution < -0.4 is 10.2 Å². The molecule has 2 aliphatic rings. The van der Waals surface area contributed by atoms with Crippen LogP contribution in [-0.2, 0) is 17.8 Å². The number of nitrogens with zero attached hydrogens (tertiary/aromatic N) is 4. The van der Waals surface area contributed by atoms with Gasteiger partial charge in [-0.2, -0.15) is 0 Å². The Morgan fingerprint density at radius 1 is 1.15 bits per heavy atom. The highest BCUT2D eigenvalue weighted by Gasteiger charge is 2.25. The highest BCUT2D eigenvalue weighted by Crippen LogP contribution is 2.30. The van der Waals surface area contributed by atoms with Gasteiger partial charge in [0.05, 0.1) is 17.1 Å². The lowest BCUT2D eigenvalue weighted by Gasteiger charge is -2.36. The number of ketones is 1. The molecule has 0 unspecified atom stereocenters. The van der Waals surface area contributed by atoms with Crippen LogP contribution in [0.2, 0.25) is 0 Å². The van der Waals surface area contributed by atoms with E-state index in [0.29, 0.717) is 50.4 Å². The summed E-state index contributed by atoms with van der Waals surface area (Å²) in [4.78, 5) is 36.5. The molecule has 174 valence electrons. The van der Waals surface area contributed by atoms with Crippen molar-refractivity contribution in [3.63, 3.8) is 0 Å². The molecule has 3 heterocycles. The van der Waals surface area contributed by atoms with Gasteiger partial charge in [-0.1, -0.05) is 19.1 Å². The number of carbonyl (C=O) groups is 2. The van der Waals surface area contributed by atoms with Crippen LogP contribution in [-0.4, -0.2) is 60.5 Å². The van der Waals surface area contributed by atoms with Gasteiger partial charge in [-0.15, -0.1) is 0 Å². The van der Waals surface area contributed by atoms with Crippen molar-refractivity contribution < 1.29 is 18.4 Å². The summed E-state index contributed by atoms with van der Waals surface area (Å²) in [5.41, 5.74) is 3.55. The van der Waals surface area contributed by atoms with Crippen LogP contribution in [0.3, 0.4) is 0 Å². The molecule has 0 saturated carbocycles. The second-order valence-corrected chi connectivity index (χ2v) is 8.22. The molecule has 0 spiro atoms. The second-order valence-electron chi connectivity index (χ2n) is 8.22. The molecular formula is C24H27F2N5O2. The lowest BCUT2D eigenvalue weighted by Crippen LogP contribution is -2.46. The number of piperazine rings is 1. The number of alkyl halides is 2. The predicted molar refractivity (Wildman–Crippen MR) is 123 cm³/mol. The number of nitrogens with one attached hydrogen (secondary N) is 1. The van der Waals surface area contributed by atoms with Gasteiger partial charge in [0.1, 0.15) is 11.4 Å². The van der Waals surface area contributed by atoms with E-state index in [1.807, 2.05) is 30.0 Å². The number of aliphatic imine (C=N–C) groups is 1. The number of anilines is 1. The molecule has 0 atom stereocenters. The van der Waals surface area contributed by atoms with Gasteiger partial charge in [0.2, 0.25) is 0 Å². The number of pyridine rings is 1. The van der Waals surface area contributed by atoms with E-state index in [9.17, 15) is 18.4 Å². The van der Waals surface area contributed by atoms with Crippen LogP contribution in [0.15, 0.2) is 35.3 Å². The lowest BCUT2D eigenvalue weighted by atomic mass is 9.97. The van der Waals surface area contributed by atoms with Crippen LogP contribution in [0.4, 0.5) is 20.2 Å². The molecule has 1 N–H and O–H groups in total. The highest BCUT2D eigenvalue weighted by molar-refractivity contribution is 6.41. The van der Waals surface area contributed by atoms with Crippen molar-refractivity contribution >= 4 is 28.8 Å². The molecule has 2 aromatic rings. The normalized spacial score (nSPS) is 16.6. The van der Waals surface area contributed by atoms with Crippen molar-refractivity contribution in [2.45, 2.75) is 32.7 Å². The number of fused-ring (bicyclic) bond motifs is 1.